The van der Waals surface area contributed by atoms with Crippen molar-refractivity contribution in [3.8, 4) is 0 Å². The second kappa shape index (κ2) is 5.29. The summed E-state index contributed by atoms with van der Waals surface area (Å²) in [7, 11) is 0. The van der Waals surface area contributed by atoms with Crippen LogP contribution in [-0.4, -0.2) is 29.0 Å². The third-order valence-corrected chi connectivity index (χ3v) is 4.15. The molecule has 1 aliphatic heterocycles. The highest BCUT2D eigenvalue weighted by Gasteiger charge is 2.26. The van der Waals surface area contributed by atoms with E-state index in [9.17, 15) is 10.1 Å². The monoisotopic (exact) mass is 286 g/mol. The molecule has 2 aromatic rings. The molecule has 0 aliphatic carbocycles. The topological polar surface area (TPSA) is 85.3 Å². The lowest BCUT2D eigenvalue weighted by atomic mass is 10.1. The van der Waals surface area contributed by atoms with E-state index in [1.54, 1.807) is 12.3 Å². The smallest absolute Gasteiger partial charge is 0.278 e. The van der Waals surface area contributed by atoms with Gasteiger partial charge in [0.05, 0.1) is 10.3 Å². The molecule has 0 amide bonds. The molecule has 1 fully saturated rings. The van der Waals surface area contributed by atoms with Crippen LogP contribution in [0, 0.1) is 17.0 Å². The Morgan fingerprint density at radius 1 is 1.48 bits per heavy atom. The molecular weight excluding hydrogens is 268 g/mol. The van der Waals surface area contributed by atoms with Gasteiger partial charge in [-0.15, -0.1) is 0 Å². The predicted octanol–water partition coefficient (Wildman–Crippen LogP) is 2.38. The van der Waals surface area contributed by atoms with Crippen molar-refractivity contribution in [1.29, 1.82) is 0 Å². The van der Waals surface area contributed by atoms with Crippen LogP contribution in [0.25, 0.3) is 10.8 Å². The maximum absolute atomic E-state index is 11.2. The van der Waals surface area contributed by atoms with Crippen LogP contribution >= 0.6 is 0 Å². The molecule has 1 atom stereocenters. The number of benzene rings is 1. The first-order chi connectivity index (χ1) is 10.1. The van der Waals surface area contributed by atoms with Gasteiger partial charge in [-0.3, -0.25) is 15.1 Å². The van der Waals surface area contributed by atoms with Gasteiger partial charge in [-0.05, 0) is 31.9 Å². The van der Waals surface area contributed by atoms with Gasteiger partial charge in [0, 0.05) is 48.2 Å². The number of nitro benzene ring substituents is 1. The fourth-order valence-electron chi connectivity index (χ4n) is 3.12. The van der Waals surface area contributed by atoms with Gasteiger partial charge in [-0.25, -0.2) is 0 Å². The Kier molecular flexibility index (Phi) is 3.47. The van der Waals surface area contributed by atoms with Gasteiger partial charge in [0.2, 0.25) is 0 Å². The molecule has 1 saturated heterocycles. The molecule has 1 aromatic heterocycles. The zero-order valence-electron chi connectivity index (χ0n) is 12.0. The number of aryl methyl sites for hydroxylation is 1. The largest absolute Gasteiger partial charge is 0.367 e. The fraction of sp³-hybridized carbons (Fsp3) is 0.400. The Hall–Kier alpha value is -2.21. The molecule has 1 aromatic carbocycles. The second-order valence-corrected chi connectivity index (χ2v) is 5.46. The van der Waals surface area contributed by atoms with Crippen molar-refractivity contribution >= 4 is 22.1 Å². The summed E-state index contributed by atoms with van der Waals surface area (Å²) in [6, 6.07) is 5.64. The summed E-state index contributed by atoms with van der Waals surface area (Å²) in [6.07, 6.45) is 3.77. The summed E-state index contributed by atoms with van der Waals surface area (Å²) < 4.78 is 0. The predicted molar refractivity (Wildman–Crippen MR) is 82.6 cm³/mol. The van der Waals surface area contributed by atoms with E-state index in [1.807, 2.05) is 19.1 Å². The van der Waals surface area contributed by atoms with Crippen molar-refractivity contribution in [2.75, 3.05) is 18.0 Å². The van der Waals surface area contributed by atoms with E-state index < -0.39 is 0 Å². The van der Waals surface area contributed by atoms with Crippen LogP contribution in [0.4, 0.5) is 11.4 Å². The number of non-ortho nitro benzene ring substituents is 1. The third kappa shape index (κ3) is 2.31. The van der Waals surface area contributed by atoms with Crippen LogP contribution in [0.5, 0.6) is 0 Å². The Bertz CT molecular complexity index is 701. The van der Waals surface area contributed by atoms with Crippen molar-refractivity contribution in [2.45, 2.75) is 25.8 Å². The van der Waals surface area contributed by atoms with Crippen LogP contribution < -0.4 is 10.6 Å². The van der Waals surface area contributed by atoms with Gasteiger partial charge in [0.15, 0.2) is 0 Å². The summed E-state index contributed by atoms with van der Waals surface area (Å²) in [6.45, 7) is 3.44. The first-order valence-electron chi connectivity index (χ1n) is 7.12. The van der Waals surface area contributed by atoms with Gasteiger partial charge in [-0.1, -0.05) is 0 Å². The molecule has 2 heterocycles. The fourth-order valence-corrected chi connectivity index (χ4v) is 3.12. The first kappa shape index (κ1) is 13.8. The lowest BCUT2D eigenvalue weighted by Gasteiger charge is -2.27. The second-order valence-electron chi connectivity index (χ2n) is 5.46. The molecule has 0 saturated carbocycles. The van der Waals surface area contributed by atoms with Crippen LogP contribution in [-0.2, 0) is 0 Å². The quantitative estimate of drug-likeness (QED) is 0.691. The Morgan fingerprint density at radius 2 is 2.29 bits per heavy atom. The number of rotatable bonds is 3. The summed E-state index contributed by atoms with van der Waals surface area (Å²) in [5.74, 6) is 0. The molecule has 0 radical (unpaired) electrons. The minimum Gasteiger partial charge on any atom is -0.367 e. The highest BCUT2D eigenvalue weighted by Crippen LogP contribution is 2.36. The lowest BCUT2D eigenvalue weighted by Crippen LogP contribution is -2.35. The standard InChI is InChI=1S/C15H18N4O2/c1-10-7-12-13(9-17-10)15(19(20)21)5-4-14(12)18-6-2-3-11(18)8-16/h4-5,7,9,11H,2-3,6,8,16H2,1H3. The molecule has 3 rings (SSSR count). The van der Waals surface area contributed by atoms with Gasteiger partial charge >= 0.3 is 0 Å². The summed E-state index contributed by atoms with van der Waals surface area (Å²) in [4.78, 5) is 17.3. The van der Waals surface area contributed by atoms with Crippen molar-refractivity contribution in [3.63, 3.8) is 0 Å². The van der Waals surface area contributed by atoms with E-state index in [2.05, 4.69) is 9.88 Å². The minimum absolute atomic E-state index is 0.102. The maximum atomic E-state index is 11.2. The van der Waals surface area contributed by atoms with Gasteiger partial charge < -0.3 is 10.6 Å². The zero-order valence-corrected chi connectivity index (χ0v) is 12.0. The van der Waals surface area contributed by atoms with Gasteiger partial charge in [-0.2, -0.15) is 0 Å². The van der Waals surface area contributed by atoms with E-state index >= 15 is 0 Å². The van der Waals surface area contributed by atoms with E-state index in [-0.39, 0.29) is 10.6 Å². The SMILES string of the molecule is Cc1cc2c(N3CCCC3CN)ccc([N+](=O)[O-])c2cn1. The molecule has 1 unspecified atom stereocenters. The van der Waals surface area contributed by atoms with Gasteiger partial charge in [0.25, 0.3) is 5.69 Å². The Balaban J connectivity index is 2.22. The Labute approximate surface area is 122 Å². The van der Waals surface area contributed by atoms with Crippen LogP contribution in [0.1, 0.15) is 18.5 Å². The number of nitrogens with two attached hydrogens (primary N) is 1. The number of anilines is 1. The number of fused-ring (bicyclic) bond motifs is 1. The molecule has 110 valence electrons. The van der Waals surface area contributed by atoms with Crippen LogP contribution in [0.3, 0.4) is 0 Å². The number of nitrogens with zero attached hydrogens (tertiary/aromatic N) is 3. The van der Waals surface area contributed by atoms with E-state index in [1.165, 1.54) is 0 Å². The molecule has 0 spiro atoms. The Morgan fingerprint density at radius 3 is 3.00 bits per heavy atom. The van der Waals surface area contributed by atoms with E-state index in [0.717, 1.165) is 36.2 Å². The average Bonchev–Trinajstić information content (AvgIpc) is 2.93. The highest BCUT2D eigenvalue weighted by molar-refractivity contribution is 6.00. The zero-order chi connectivity index (χ0) is 15.0. The first-order valence-corrected chi connectivity index (χ1v) is 7.12. The van der Waals surface area contributed by atoms with Crippen LogP contribution in [0.15, 0.2) is 24.4 Å². The maximum Gasteiger partial charge on any atom is 0.278 e. The molecule has 6 nitrogen and oxygen atoms in total. The number of nitro groups is 1. The summed E-state index contributed by atoms with van der Waals surface area (Å²) in [5, 5.41) is 12.7. The minimum atomic E-state index is -0.354. The lowest BCUT2D eigenvalue weighted by molar-refractivity contribution is -0.383. The van der Waals surface area contributed by atoms with Gasteiger partial charge in [0.1, 0.15) is 0 Å². The molecule has 1 aliphatic rings. The molecule has 21 heavy (non-hydrogen) atoms. The van der Waals surface area contributed by atoms with Crippen molar-refractivity contribution in [1.82, 2.24) is 4.98 Å². The van der Waals surface area contributed by atoms with Crippen LogP contribution in [0.2, 0.25) is 0 Å². The molecular formula is C15H18N4O2. The van der Waals surface area contributed by atoms with E-state index in [0.29, 0.717) is 18.0 Å². The molecule has 0 bridgehead atoms. The number of pyridine rings is 1. The molecule has 2 N–H and O–H groups in total. The summed E-state index contributed by atoms with van der Waals surface area (Å²) >= 11 is 0. The normalized spacial score (nSPS) is 18.4. The number of aromatic nitrogens is 1. The summed E-state index contributed by atoms with van der Waals surface area (Å²) in [5.41, 5.74) is 7.83. The third-order valence-electron chi connectivity index (χ3n) is 4.15. The van der Waals surface area contributed by atoms with Crippen molar-refractivity contribution in [3.05, 3.63) is 40.2 Å². The number of hydrogen-bond acceptors (Lipinski definition) is 5. The number of hydrogen-bond donors (Lipinski definition) is 1. The highest BCUT2D eigenvalue weighted by atomic mass is 16.6. The van der Waals surface area contributed by atoms with Crippen molar-refractivity contribution in [2.24, 2.45) is 5.73 Å². The van der Waals surface area contributed by atoms with Crippen molar-refractivity contribution < 1.29 is 4.92 Å². The molecule has 6 heteroatoms. The average molecular weight is 286 g/mol. The van der Waals surface area contributed by atoms with E-state index in [4.69, 9.17) is 5.73 Å².